The van der Waals surface area contributed by atoms with E-state index < -0.39 is 17.5 Å². The number of aromatic nitrogens is 2. The number of aromatic amines is 1. The van der Waals surface area contributed by atoms with Crippen LogP contribution in [0.3, 0.4) is 0 Å². The highest BCUT2D eigenvalue weighted by Gasteiger charge is 2.17. The van der Waals surface area contributed by atoms with Crippen LogP contribution in [0.5, 0.6) is 5.75 Å². The predicted molar refractivity (Wildman–Crippen MR) is 143 cm³/mol. The van der Waals surface area contributed by atoms with Gasteiger partial charge in [-0.05, 0) is 81.2 Å². The largest absolute Gasteiger partial charge is 0.489 e. The van der Waals surface area contributed by atoms with Crippen LogP contribution in [0, 0.1) is 11.6 Å². The van der Waals surface area contributed by atoms with Gasteiger partial charge in [0.1, 0.15) is 24.0 Å². The maximum Gasteiger partial charge on any atom is 0.259 e. The average Bonchev–Trinajstić information content (AvgIpc) is 3.28. The number of anilines is 3. The molecule has 0 bridgehead atoms. The molecule has 0 saturated heterocycles. The maximum atomic E-state index is 13.5. The molecule has 4 aromatic rings. The number of amides is 1. The monoisotopic (exact) mass is 524 g/mol. The summed E-state index contributed by atoms with van der Waals surface area (Å²) in [5.41, 5.74) is 4.45. The number of nitrogens with zero attached hydrogens (tertiary/aromatic N) is 3. The number of carbonyl (C=O) groups excluding carboxylic acids is 1. The van der Waals surface area contributed by atoms with Gasteiger partial charge in [0.2, 0.25) is 0 Å². The normalized spacial score (nSPS) is 11.1. The minimum atomic E-state index is -0.681. The third-order valence-corrected chi connectivity index (χ3v) is 6.00. The number of fused-ring (bicyclic) bond motifs is 1. The van der Waals surface area contributed by atoms with Crippen molar-refractivity contribution in [2.75, 3.05) is 49.9 Å². The van der Waals surface area contributed by atoms with E-state index >= 15 is 0 Å². The quantitative estimate of drug-likeness (QED) is 0.208. The van der Waals surface area contributed by atoms with Crippen LogP contribution in [0.25, 0.3) is 10.9 Å². The van der Waals surface area contributed by atoms with Crippen LogP contribution in [0.4, 0.5) is 26.0 Å². The first-order valence-corrected chi connectivity index (χ1v) is 12.0. The summed E-state index contributed by atoms with van der Waals surface area (Å²) in [7, 11) is 5.99. The van der Waals surface area contributed by atoms with Gasteiger partial charge in [0.25, 0.3) is 5.91 Å². The highest BCUT2D eigenvalue weighted by molar-refractivity contribution is 6.11. The number of rotatable bonds is 11. The molecule has 1 heterocycles. The minimum Gasteiger partial charge on any atom is -0.489 e. The van der Waals surface area contributed by atoms with E-state index in [1.807, 2.05) is 32.1 Å². The molecule has 4 rings (SSSR count). The predicted octanol–water partition coefficient (Wildman–Crippen LogP) is 4.86. The molecule has 0 aliphatic rings. The number of H-pyrrole nitrogens is 1. The van der Waals surface area contributed by atoms with Gasteiger partial charge in [-0.15, -0.1) is 0 Å². The Labute approximate surface area is 219 Å². The molecule has 3 aromatic carbocycles. The Hall–Kier alpha value is -4.22. The number of halogens is 2. The van der Waals surface area contributed by atoms with Gasteiger partial charge in [-0.2, -0.15) is 5.10 Å². The van der Waals surface area contributed by atoms with Crippen molar-refractivity contribution >= 4 is 34.0 Å². The minimum absolute atomic E-state index is 0.0405. The van der Waals surface area contributed by atoms with E-state index in [4.69, 9.17) is 4.74 Å². The van der Waals surface area contributed by atoms with Crippen molar-refractivity contribution in [1.29, 1.82) is 0 Å². The lowest BCUT2D eigenvalue weighted by atomic mass is 10.1. The van der Waals surface area contributed by atoms with Gasteiger partial charge in [0.05, 0.1) is 16.8 Å². The molecule has 4 N–H and O–H groups in total. The van der Waals surface area contributed by atoms with Crippen LogP contribution in [-0.2, 0) is 6.61 Å². The molecular weight excluding hydrogens is 494 g/mol. The second-order valence-electron chi connectivity index (χ2n) is 9.22. The van der Waals surface area contributed by atoms with Crippen LogP contribution in [0.2, 0.25) is 0 Å². The zero-order valence-corrected chi connectivity index (χ0v) is 21.4. The number of hydrogen-bond donors (Lipinski definition) is 4. The maximum absolute atomic E-state index is 13.5. The number of benzene rings is 3. The highest BCUT2D eigenvalue weighted by Crippen LogP contribution is 2.28. The molecule has 1 aromatic heterocycles. The van der Waals surface area contributed by atoms with Gasteiger partial charge in [0.15, 0.2) is 5.82 Å². The summed E-state index contributed by atoms with van der Waals surface area (Å²) < 4.78 is 32.6. The lowest BCUT2D eigenvalue weighted by molar-refractivity contribution is 0.102. The molecule has 0 unspecified atom stereocenters. The Morgan fingerprint density at radius 3 is 2.50 bits per heavy atom. The summed E-state index contributed by atoms with van der Waals surface area (Å²) in [6, 6.07) is 13.4. The van der Waals surface area contributed by atoms with E-state index in [2.05, 4.69) is 25.9 Å². The summed E-state index contributed by atoms with van der Waals surface area (Å²) in [5.74, 6) is -1.14. The van der Waals surface area contributed by atoms with Crippen molar-refractivity contribution in [3.63, 3.8) is 0 Å². The molecule has 0 aliphatic heterocycles. The van der Waals surface area contributed by atoms with E-state index in [1.54, 1.807) is 30.3 Å². The average molecular weight is 525 g/mol. The first kappa shape index (κ1) is 26.8. The number of ether oxygens (including phenoxy) is 1. The lowest BCUT2D eigenvalue weighted by Gasteiger charge is -2.21. The van der Waals surface area contributed by atoms with Gasteiger partial charge < -0.3 is 19.9 Å². The first-order valence-electron chi connectivity index (χ1n) is 12.0. The van der Waals surface area contributed by atoms with Crippen molar-refractivity contribution in [3.8, 4) is 5.75 Å². The Morgan fingerprint density at radius 2 is 1.79 bits per heavy atom. The second-order valence-corrected chi connectivity index (χ2v) is 9.22. The van der Waals surface area contributed by atoms with Crippen LogP contribution in [-0.4, -0.2) is 60.4 Å². The van der Waals surface area contributed by atoms with Crippen LogP contribution >= 0.6 is 0 Å². The highest BCUT2D eigenvalue weighted by atomic mass is 19.1. The van der Waals surface area contributed by atoms with Gasteiger partial charge >= 0.3 is 0 Å². The van der Waals surface area contributed by atoms with Crippen molar-refractivity contribution in [2.45, 2.75) is 13.0 Å². The summed E-state index contributed by atoms with van der Waals surface area (Å²) >= 11 is 0. The molecule has 0 spiro atoms. The number of hydrogen-bond acceptors (Lipinski definition) is 7. The first-order chi connectivity index (χ1) is 18.2. The van der Waals surface area contributed by atoms with Gasteiger partial charge in [-0.3, -0.25) is 20.6 Å². The van der Waals surface area contributed by atoms with Crippen molar-refractivity contribution < 1.29 is 23.5 Å². The molecule has 0 aliphatic carbocycles. The summed E-state index contributed by atoms with van der Waals surface area (Å²) in [6.07, 6.45) is 0.963. The summed E-state index contributed by atoms with van der Waals surface area (Å²) in [4.78, 5) is 17.2. The van der Waals surface area contributed by atoms with E-state index in [9.17, 15) is 18.8 Å². The van der Waals surface area contributed by atoms with Gasteiger partial charge in [-0.25, -0.2) is 8.78 Å². The number of nitrogens with one attached hydrogen (secondary N) is 3. The fourth-order valence-electron chi connectivity index (χ4n) is 4.03. The van der Waals surface area contributed by atoms with E-state index in [0.717, 1.165) is 31.3 Å². The van der Waals surface area contributed by atoms with Crippen LogP contribution in [0.1, 0.15) is 22.3 Å². The molecule has 0 saturated carbocycles. The Bertz CT molecular complexity index is 1410. The molecule has 11 heteroatoms. The molecule has 1 amide bonds. The SMILES string of the molecule is CN(C)CCCN(C)c1ccc(C(=O)Nc2n[nH]c3ccc(OCc4cc(F)cc(F)c4)cc23)c(NO)c1. The summed E-state index contributed by atoms with van der Waals surface area (Å²) in [6.45, 7) is 1.72. The topological polar surface area (TPSA) is 106 Å². The van der Waals surface area contributed by atoms with Crippen molar-refractivity contribution in [2.24, 2.45) is 0 Å². The van der Waals surface area contributed by atoms with E-state index in [-0.39, 0.29) is 23.7 Å². The van der Waals surface area contributed by atoms with Crippen molar-refractivity contribution in [3.05, 3.63) is 77.4 Å². The molecule has 200 valence electrons. The smallest absolute Gasteiger partial charge is 0.259 e. The molecule has 0 atom stereocenters. The Kier molecular flexibility index (Phi) is 8.39. The fraction of sp³-hybridized carbons (Fsp3) is 0.259. The Morgan fingerprint density at radius 1 is 1.03 bits per heavy atom. The van der Waals surface area contributed by atoms with Gasteiger partial charge in [0, 0.05) is 30.7 Å². The zero-order valence-electron chi connectivity index (χ0n) is 21.4. The standard InChI is InChI=1S/C27H30F2N6O3/c1-34(2)9-4-10-35(3)20-5-7-22(25(14-20)33-37)27(36)30-26-23-15-21(6-8-24(23)31-32-26)38-16-17-11-18(28)13-19(29)12-17/h5-8,11-15,33,37H,4,9-10,16H2,1-3H3,(H2,30,31,32,36). The van der Waals surface area contributed by atoms with E-state index in [0.29, 0.717) is 22.2 Å². The molecule has 0 radical (unpaired) electrons. The van der Waals surface area contributed by atoms with E-state index in [1.165, 1.54) is 12.1 Å². The molecular formula is C27H30F2N6O3. The Balaban J connectivity index is 1.47. The molecule has 9 nitrogen and oxygen atoms in total. The van der Waals surface area contributed by atoms with Crippen LogP contribution < -0.4 is 20.4 Å². The zero-order chi connectivity index (χ0) is 27.2. The second kappa shape index (κ2) is 11.9. The van der Waals surface area contributed by atoms with Crippen molar-refractivity contribution in [1.82, 2.24) is 15.1 Å². The van der Waals surface area contributed by atoms with Gasteiger partial charge in [-0.1, -0.05) is 0 Å². The molecule has 38 heavy (non-hydrogen) atoms. The fourth-order valence-corrected chi connectivity index (χ4v) is 4.03. The molecule has 0 fully saturated rings. The number of carbonyl (C=O) groups is 1. The van der Waals surface area contributed by atoms with Crippen LogP contribution in [0.15, 0.2) is 54.6 Å². The summed E-state index contributed by atoms with van der Waals surface area (Å²) in [5, 5.41) is 20.1. The lowest BCUT2D eigenvalue weighted by Crippen LogP contribution is -2.23. The third-order valence-electron chi connectivity index (χ3n) is 6.00. The third kappa shape index (κ3) is 6.55.